The number of amides is 1. The number of carbonyl (C=O) groups excluding carboxylic acids is 1. The molecule has 0 bridgehead atoms. The van der Waals surface area contributed by atoms with Crippen LogP contribution in [0.15, 0.2) is 48.5 Å². The zero-order valence-corrected chi connectivity index (χ0v) is 17.0. The van der Waals surface area contributed by atoms with E-state index in [0.29, 0.717) is 17.1 Å². The molecule has 152 valence electrons. The molecule has 0 unspecified atom stereocenters. The molecule has 6 heteroatoms. The Morgan fingerprint density at radius 2 is 1.83 bits per heavy atom. The lowest BCUT2D eigenvalue weighted by Crippen LogP contribution is -2.49. The van der Waals surface area contributed by atoms with Crippen molar-refractivity contribution in [2.45, 2.75) is 45.4 Å². The summed E-state index contributed by atoms with van der Waals surface area (Å²) in [6.07, 6.45) is 3.77. The van der Waals surface area contributed by atoms with E-state index in [2.05, 4.69) is 5.32 Å². The highest BCUT2D eigenvalue weighted by molar-refractivity contribution is 6.01. The van der Waals surface area contributed by atoms with Crippen LogP contribution in [0.4, 0.5) is 0 Å². The molecule has 0 aromatic heterocycles. The second kappa shape index (κ2) is 7.62. The van der Waals surface area contributed by atoms with Gasteiger partial charge in [-0.25, -0.2) is 4.79 Å². The molecule has 0 spiro atoms. The Morgan fingerprint density at radius 3 is 2.48 bits per heavy atom. The molecular weight excluding hydrogens is 370 g/mol. The average molecular weight is 395 g/mol. The maximum atomic E-state index is 12.9. The van der Waals surface area contributed by atoms with Crippen LogP contribution < -0.4 is 14.8 Å². The summed E-state index contributed by atoms with van der Waals surface area (Å²) in [6.45, 7) is 7.00. The van der Waals surface area contributed by atoms with Crippen LogP contribution in [0.1, 0.15) is 49.2 Å². The lowest BCUT2D eigenvalue weighted by molar-refractivity contribution is -0.143. The molecule has 0 aliphatic carbocycles. The molecule has 0 saturated heterocycles. The maximum Gasteiger partial charge on any atom is 0.328 e. The van der Waals surface area contributed by atoms with E-state index in [0.717, 1.165) is 5.56 Å². The summed E-state index contributed by atoms with van der Waals surface area (Å²) < 4.78 is 12.0. The first-order valence-corrected chi connectivity index (χ1v) is 9.37. The summed E-state index contributed by atoms with van der Waals surface area (Å²) in [5, 5.41) is 11.9. The van der Waals surface area contributed by atoms with Crippen LogP contribution >= 0.6 is 0 Å². The van der Waals surface area contributed by atoms with Gasteiger partial charge in [-0.1, -0.05) is 30.3 Å². The molecule has 0 radical (unpaired) electrons. The highest BCUT2D eigenvalue weighted by Crippen LogP contribution is 2.39. The normalized spacial score (nSPS) is 14.5. The van der Waals surface area contributed by atoms with Crippen molar-refractivity contribution >= 4 is 18.0 Å². The SMILES string of the molecule is CC1(C)C=Cc2c(ccc(C(=O)NC(C)(C)C(=O)O)c2OCc2ccccc2)O1. The van der Waals surface area contributed by atoms with Gasteiger partial charge in [-0.3, -0.25) is 4.79 Å². The van der Waals surface area contributed by atoms with Crippen LogP contribution in [0.3, 0.4) is 0 Å². The summed E-state index contributed by atoms with van der Waals surface area (Å²) in [5.74, 6) is -0.687. The summed E-state index contributed by atoms with van der Waals surface area (Å²) in [5.41, 5.74) is -0.0390. The van der Waals surface area contributed by atoms with Crippen LogP contribution in [0.2, 0.25) is 0 Å². The molecule has 0 saturated carbocycles. The molecular formula is C23H25NO5. The molecule has 2 aromatic carbocycles. The Kier molecular flexibility index (Phi) is 5.38. The van der Waals surface area contributed by atoms with E-state index in [1.54, 1.807) is 12.1 Å². The van der Waals surface area contributed by atoms with Crippen molar-refractivity contribution in [3.8, 4) is 11.5 Å². The lowest BCUT2D eigenvalue weighted by atomic mass is 9.98. The highest BCUT2D eigenvalue weighted by atomic mass is 16.5. The maximum absolute atomic E-state index is 12.9. The fourth-order valence-electron chi connectivity index (χ4n) is 2.90. The van der Waals surface area contributed by atoms with Gasteiger partial charge in [0.25, 0.3) is 5.91 Å². The molecule has 1 aliphatic heterocycles. The summed E-state index contributed by atoms with van der Waals surface area (Å²) in [7, 11) is 0. The van der Waals surface area contributed by atoms with Crippen molar-refractivity contribution < 1.29 is 24.2 Å². The van der Waals surface area contributed by atoms with Crippen LogP contribution in [-0.2, 0) is 11.4 Å². The van der Waals surface area contributed by atoms with Gasteiger partial charge in [0.2, 0.25) is 0 Å². The van der Waals surface area contributed by atoms with Gasteiger partial charge in [-0.2, -0.15) is 0 Å². The third-order valence-corrected chi connectivity index (χ3v) is 4.61. The Hall–Kier alpha value is -3.28. The van der Waals surface area contributed by atoms with Gasteiger partial charge in [-0.15, -0.1) is 0 Å². The smallest absolute Gasteiger partial charge is 0.328 e. The van der Waals surface area contributed by atoms with Crippen LogP contribution in [0, 0.1) is 0 Å². The predicted molar refractivity (Wildman–Crippen MR) is 110 cm³/mol. The van der Waals surface area contributed by atoms with E-state index in [1.165, 1.54) is 13.8 Å². The Morgan fingerprint density at radius 1 is 1.14 bits per heavy atom. The molecule has 0 atom stereocenters. The van der Waals surface area contributed by atoms with Gasteiger partial charge >= 0.3 is 5.97 Å². The molecule has 1 heterocycles. The first kappa shape index (κ1) is 20.5. The highest BCUT2D eigenvalue weighted by Gasteiger charge is 2.32. The molecule has 3 rings (SSSR count). The first-order valence-electron chi connectivity index (χ1n) is 9.37. The molecule has 6 nitrogen and oxygen atoms in total. The molecule has 1 amide bonds. The number of ether oxygens (including phenoxy) is 2. The average Bonchev–Trinajstić information content (AvgIpc) is 2.65. The van der Waals surface area contributed by atoms with E-state index >= 15 is 0 Å². The van der Waals surface area contributed by atoms with Gasteiger partial charge < -0.3 is 19.9 Å². The van der Waals surface area contributed by atoms with Crippen LogP contribution in [-0.4, -0.2) is 28.1 Å². The van der Waals surface area contributed by atoms with Crippen LogP contribution in [0.5, 0.6) is 11.5 Å². The van der Waals surface area contributed by atoms with Gasteiger partial charge in [0, 0.05) is 0 Å². The van der Waals surface area contributed by atoms with E-state index in [1.807, 2.05) is 56.3 Å². The van der Waals surface area contributed by atoms with Crippen LogP contribution in [0.25, 0.3) is 6.08 Å². The van der Waals surface area contributed by atoms with Crippen molar-refractivity contribution in [2.75, 3.05) is 0 Å². The van der Waals surface area contributed by atoms with E-state index in [9.17, 15) is 14.7 Å². The number of carboxylic acids is 1. The molecule has 2 aromatic rings. The van der Waals surface area contributed by atoms with E-state index in [4.69, 9.17) is 9.47 Å². The fourth-order valence-corrected chi connectivity index (χ4v) is 2.90. The number of aliphatic carboxylic acids is 1. The molecule has 0 fully saturated rings. The summed E-state index contributed by atoms with van der Waals surface area (Å²) >= 11 is 0. The third-order valence-electron chi connectivity index (χ3n) is 4.61. The number of carbonyl (C=O) groups is 2. The number of hydrogen-bond donors (Lipinski definition) is 2. The number of carboxylic acid groups (broad SMARTS) is 1. The molecule has 2 N–H and O–H groups in total. The van der Waals surface area contributed by atoms with Gasteiger partial charge in [0.1, 0.15) is 29.2 Å². The number of benzene rings is 2. The zero-order chi connectivity index (χ0) is 21.2. The standard InChI is InChI=1S/C23H25NO5/c1-22(2)13-12-16-18(29-22)11-10-17(20(25)24-23(3,4)21(26)27)19(16)28-14-15-8-6-5-7-9-15/h5-13H,14H2,1-4H3,(H,24,25)(H,26,27). The lowest BCUT2D eigenvalue weighted by Gasteiger charge is -2.29. The number of nitrogens with one attached hydrogen (secondary N) is 1. The summed E-state index contributed by atoms with van der Waals surface area (Å²) in [4.78, 5) is 24.3. The second-order valence-electron chi connectivity index (χ2n) is 8.05. The Labute approximate surface area is 170 Å². The predicted octanol–water partition coefficient (Wildman–Crippen LogP) is 4.04. The Bertz CT molecular complexity index is 961. The minimum atomic E-state index is -1.42. The van der Waals surface area contributed by atoms with Crippen molar-refractivity contribution in [1.29, 1.82) is 0 Å². The minimum absolute atomic E-state index is 0.252. The van der Waals surface area contributed by atoms with Gasteiger partial charge in [0.15, 0.2) is 0 Å². The van der Waals surface area contributed by atoms with Gasteiger partial charge in [0.05, 0.1) is 11.1 Å². The minimum Gasteiger partial charge on any atom is -0.487 e. The first-order chi connectivity index (χ1) is 13.6. The van der Waals surface area contributed by atoms with Crippen molar-refractivity contribution in [2.24, 2.45) is 0 Å². The largest absolute Gasteiger partial charge is 0.487 e. The molecule has 29 heavy (non-hydrogen) atoms. The number of rotatable bonds is 6. The topological polar surface area (TPSA) is 84.9 Å². The quantitative estimate of drug-likeness (QED) is 0.771. The van der Waals surface area contributed by atoms with E-state index < -0.39 is 23.0 Å². The van der Waals surface area contributed by atoms with Gasteiger partial charge in [-0.05, 0) is 57.5 Å². The Balaban J connectivity index is 1.99. The molecule has 1 aliphatic rings. The van der Waals surface area contributed by atoms with Crippen molar-refractivity contribution in [1.82, 2.24) is 5.32 Å². The van der Waals surface area contributed by atoms with Crippen molar-refractivity contribution in [3.05, 3.63) is 65.2 Å². The van der Waals surface area contributed by atoms with Crippen molar-refractivity contribution in [3.63, 3.8) is 0 Å². The second-order valence-corrected chi connectivity index (χ2v) is 8.05. The fraction of sp³-hybridized carbons (Fsp3) is 0.304. The number of fused-ring (bicyclic) bond motifs is 1. The monoisotopic (exact) mass is 395 g/mol. The zero-order valence-electron chi connectivity index (χ0n) is 17.0. The third kappa shape index (κ3) is 4.59. The summed E-state index contributed by atoms with van der Waals surface area (Å²) in [6, 6.07) is 12.9. The number of hydrogen-bond acceptors (Lipinski definition) is 4. The van der Waals surface area contributed by atoms with E-state index in [-0.39, 0.29) is 12.2 Å².